The molecule has 1 saturated heterocycles. The van der Waals surface area contributed by atoms with Gasteiger partial charge in [0.25, 0.3) is 6.43 Å². The number of nitrogens with one attached hydrogen (secondary N) is 2. The lowest BCUT2D eigenvalue weighted by atomic mass is 9.87. The van der Waals surface area contributed by atoms with Crippen LogP contribution >= 0.6 is 0 Å². The molecule has 19 heavy (non-hydrogen) atoms. The van der Waals surface area contributed by atoms with E-state index < -0.39 is 6.43 Å². The highest BCUT2D eigenvalue weighted by Crippen LogP contribution is 2.35. The van der Waals surface area contributed by atoms with Crippen LogP contribution in [0.15, 0.2) is 36.4 Å². The molecular weight excluding hydrogens is 248 g/mol. The average Bonchev–Trinajstić information content (AvgIpc) is 3.08. The van der Waals surface area contributed by atoms with Crippen molar-refractivity contribution >= 4 is 0 Å². The molecule has 3 rings (SSSR count). The Bertz CT molecular complexity index is 539. The van der Waals surface area contributed by atoms with E-state index in [-0.39, 0.29) is 11.6 Å². The zero-order valence-electron chi connectivity index (χ0n) is 10.3. The molecule has 3 nitrogen and oxygen atoms in total. The summed E-state index contributed by atoms with van der Waals surface area (Å²) >= 11 is 0. The first-order valence-electron chi connectivity index (χ1n) is 6.34. The molecular formula is C14H15F2N3. The Balaban J connectivity index is 1.86. The molecule has 2 N–H and O–H groups in total. The number of aromatic nitrogens is 2. The quantitative estimate of drug-likeness (QED) is 0.894. The minimum atomic E-state index is -2.52. The standard InChI is InChI=1S/C14H15F2N3/c15-14(16)13-6-12(18-19-13)11-8-17-7-10(11)9-4-2-1-3-5-9/h1-6,10-11,14,17H,7-8H2,(H,18,19)/t10-,11-/m0/s1. The lowest BCUT2D eigenvalue weighted by molar-refractivity contribution is 0.146. The first-order chi connectivity index (χ1) is 9.25. The molecule has 1 aromatic carbocycles. The summed E-state index contributed by atoms with van der Waals surface area (Å²) in [4.78, 5) is 0. The summed E-state index contributed by atoms with van der Waals surface area (Å²) in [5.74, 6) is 0.467. The van der Waals surface area contributed by atoms with Gasteiger partial charge in [-0.15, -0.1) is 0 Å². The fourth-order valence-corrected chi connectivity index (χ4v) is 2.71. The summed E-state index contributed by atoms with van der Waals surface area (Å²) in [6.45, 7) is 1.64. The van der Waals surface area contributed by atoms with E-state index in [1.807, 2.05) is 18.2 Å². The molecule has 0 amide bonds. The Morgan fingerprint density at radius 1 is 1.11 bits per heavy atom. The van der Waals surface area contributed by atoms with Crippen molar-refractivity contribution in [1.29, 1.82) is 0 Å². The van der Waals surface area contributed by atoms with E-state index in [4.69, 9.17) is 0 Å². The molecule has 0 unspecified atom stereocenters. The van der Waals surface area contributed by atoms with Crippen LogP contribution in [0, 0.1) is 0 Å². The van der Waals surface area contributed by atoms with E-state index in [9.17, 15) is 8.78 Å². The second-order valence-corrected chi connectivity index (χ2v) is 4.83. The van der Waals surface area contributed by atoms with E-state index in [0.29, 0.717) is 5.92 Å². The molecule has 0 aliphatic carbocycles. The first-order valence-corrected chi connectivity index (χ1v) is 6.34. The summed E-state index contributed by atoms with van der Waals surface area (Å²) in [5.41, 5.74) is 1.84. The van der Waals surface area contributed by atoms with Gasteiger partial charge in [0, 0.05) is 30.6 Å². The fourth-order valence-electron chi connectivity index (χ4n) is 2.71. The Morgan fingerprint density at radius 3 is 2.53 bits per heavy atom. The molecule has 1 aromatic heterocycles. The molecule has 0 radical (unpaired) electrons. The van der Waals surface area contributed by atoms with Crippen molar-refractivity contribution in [3.05, 3.63) is 53.3 Å². The third-order valence-corrected chi connectivity index (χ3v) is 3.68. The molecule has 5 heteroatoms. The molecule has 0 spiro atoms. The van der Waals surface area contributed by atoms with Crippen molar-refractivity contribution in [1.82, 2.24) is 15.5 Å². The van der Waals surface area contributed by atoms with Crippen LogP contribution in [0.4, 0.5) is 8.78 Å². The SMILES string of the molecule is FC(F)c1cc([C@H]2CNC[C@H]2c2ccccc2)[nH]n1. The topological polar surface area (TPSA) is 40.7 Å². The number of aromatic amines is 1. The molecule has 0 bridgehead atoms. The zero-order valence-corrected chi connectivity index (χ0v) is 10.3. The highest BCUT2D eigenvalue weighted by molar-refractivity contribution is 5.28. The number of benzene rings is 1. The van der Waals surface area contributed by atoms with Crippen molar-refractivity contribution < 1.29 is 8.78 Å². The summed E-state index contributed by atoms with van der Waals surface area (Å²) < 4.78 is 25.2. The Kier molecular flexibility index (Phi) is 3.29. The Hall–Kier alpha value is -1.75. The Morgan fingerprint density at radius 2 is 1.84 bits per heavy atom. The monoisotopic (exact) mass is 263 g/mol. The largest absolute Gasteiger partial charge is 0.315 e. The van der Waals surface area contributed by atoms with Crippen molar-refractivity contribution in [3.63, 3.8) is 0 Å². The average molecular weight is 263 g/mol. The van der Waals surface area contributed by atoms with Crippen molar-refractivity contribution in [2.45, 2.75) is 18.3 Å². The van der Waals surface area contributed by atoms with Crippen LogP contribution in [-0.2, 0) is 0 Å². The maximum atomic E-state index is 12.6. The van der Waals surface area contributed by atoms with E-state index in [0.717, 1.165) is 18.8 Å². The number of rotatable bonds is 3. The molecule has 2 heterocycles. The minimum absolute atomic E-state index is 0.169. The molecule has 0 saturated carbocycles. The predicted molar refractivity (Wildman–Crippen MR) is 68.3 cm³/mol. The van der Waals surface area contributed by atoms with E-state index in [2.05, 4.69) is 27.6 Å². The van der Waals surface area contributed by atoms with E-state index in [1.165, 1.54) is 11.6 Å². The summed E-state index contributed by atoms with van der Waals surface area (Å²) in [7, 11) is 0. The molecule has 100 valence electrons. The maximum Gasteiger partial charge on any atom is 0.282 e. The van der Waals surface area contributed by atoms with Crippen LogP contribution in [0.3, 0.4) is 0 Å². The first kappa shape index (κ1) is 12.3. The molecule has 1 aliphatic rings. The Labute approximate surface area is 110 Å². The maximum absolute atomic E-state index is 12.6. The predicted octanol–water partition coefficient (Wildman–Crippen LogP) is 2.82. The summed E-state index contributed by atoms with van der Waals surface area (Å²) in [5, 5.41) is 9.77. The van der Waals surface area contributed by atoms with Crippen molar-refractivity contribution in [2.75, 3.05) is 13.1 Å². The van der Waals surface area contributed by atoms with Gasteiger partial charge in [-0.05, 0) is 11.6 Å². The van der Waals surface area contributed by atoms with Crippen LogP contribution in [0.5, 0.6) is 0 Å². The smallest absolute Gasteiger partial charge is 0.282 e. The highest BCUT2D eigenvalue weighted by Gasteiger charge is 2.31. The van der Waals surface area contributed by atoms with Crippen LogP contribution in [-0.4, -0.2) is 23.3 Å². The van der Waals surface area contributed by atoms with Crippen LogP contribution in [0.1, 0.15) is 35.2 Å². The lowest BCUT2D eigenvalue weighted by Crippen LogP contribution is -2.09. The normalized spacial score (nSPS) is 23.1. The van der Waals surface area contributed by atoms with E-state index in [1.54, 1.807) is 0 Å². The van der Waals surface area contributed by atoms with E-state index >= 15 is 0 Å². The number of nitrogens with zero attached hydrogens (tertiary/aromatic N) is 1. The van der Waals surface area contributed by atoms with Gasteiger partial charge in [0.2, 0.25) is 0 Å². The highest BCUT2D eigenvalue weighted by atomic mass is 19.3. The minimum Gasteiger partial charge on any atom is -0.315 e. The second-order valence-electron chi connectivity index (χ2n) is 4.83. The fraction of sp³-hybridized carbons (Fsp3) is 0.357. The van der Waals surface area contributed by atoms with Gasteiger partial charge in [-0.25, -0.2) is 8.78 Å². The number of alkyl halides is 2. The number of hydrogen-bond acceptors (Lipinski definition) is 2. The number of halogens is 2. The molecule has 2 atom stereocenters. The number of hydrogen-bond donors (Lipinski definition) is 2. The molecule has 1 aliphatic heterocycles. The number of H-pyrrole nitrogens is 1. The van der Waals surface area contributed by atoms with Gasteiger partial charge in [-0.3, -0.25) is 5.10 Å². The van der Waals surface area contributed by atoms with Crippen LogP contribution < -0.4 is 5.32 Å². The van der Waals surface area contributed by atoms with Gasteiger partial charge in [-0.1, -0.05) is 30.3 Å². The van der Waals surface area contributed by atoms with Crippen molar-refractivity contribution in [2.24, 2.45) is 0 Å². The van der Waals surface area contributed by atoms with Crippen molar-refractivity contribution in [3.8, 4) is 0 Å². The van der Waals surface area contributed by atoms with Gasteiger partial charge in [0.05, 0.1) is 0 Å². The molecule has 1 fully saturated rings. The van der Waals surface area contributed by atoms with Crippen LogP contribution in [0.25, 0.3) is 0 Å². The lowest BCUT2D eigenvalue weighted by Gasteiger charge is -2.17. The summed E-state index contributed by atoms with van der Waals surface area (Å²) in [6.07, 6.45) is -2.52. The van der Waals surface area contributed by atoms with Gasteiger partial charge in [-0.2, -0.15) is 5.10 Å². The third kappa shape index (κ3) is 2.38. The van der Waals surface area contributed by atoms with Gasteiger partial charge < -0.3 is 5.32 Å². The van der Waals surface area contributed by atoms with Gasteiger partial charge in [0.1, 0.15) is 5.69 Å². The second kappa shape index (κ2) is 5.09. The van der Waals surface area contributed by atoms with Gasteiger partial charge in [0.15, 0.2) is 0 Å². The van der Waals surface area contributed by atoms with Crippen LogP contribution in [0.2, 0.25) is 0 Å². The molecule has 2 aromatic rings. The zero-order chi connectivity index (χ0) is 13.2. The summed E-state index contributed by atoms with van der Waals surface area (Å²) in [6, 6.07) is 11.6. The third-order valence-electron chi connectivity index (χ3n) is 3.68. The van der Waals surface area contributed by atoms with Gasteiger partial charge >= 0.3 is 0 Å².